The van der Waals surface area contributed by atoms with Gasteiger partial charge in [0.25, 0.3) is 11.8 Å². The Morgan fingerprint density at radius 3 is 2.71 bits per heavy atom. The van der Waals surface area contributed by atoms with Gasteiger partial charge >= 0.3 is 0 Å². The second kappa shape index (κ2) is 8.56. The molecule has 0 radical (unpaired) electrons. The van der Waals surface area contributed by atoms with Crippen molar-refractivity contribution in [2.45, 2.75) is 6.92 Å². The quantitative estimate of drug-likeness (QED) is 0.741. The number of hydrogen-bond acceptors (Lipinski definition) is 4. The van der Waals surface area contributed by atoms with E-state index >= 15 is 0 Å². The number of hydrogen-bond donors (Lipinski definition) is 2. The summed E-state index contributed by atoms with van der Waals surface area (Å²) in [6.07, 6.45) is 1.43. The molecule has 0 aliphatic carbocycles. The third-order valence-electron chi connectivity index (χ3n) is 3.22. The van der Waals surface area contributed by atoms with E-state index in [4.69, 9.17) is 4.74 Å². The van der Waals surface area contributed by atoms with Crippen molar-refractivity contribution < 1.29 is 14.3 Å². The van der Waals surface area contributed by atoms with Gasteiger partial charge in [-0.05, 0) is 52.7 Å². The van der Waals surface area contributed by atoms with Gasteiger partial charge in [-0.2, -0.15) is 0 Å². The van der Waals surface area contributed by atoms with E-state index in [0.717, 1.165) is 10.0 Å². The van der Waals surface area contributed by atoms with Crippen LogP contribution in [0.2, 0.25) is 0 Å². The maximum absolute atomic E-state index is 12.4. The van der Waals surface area contributed by atoms with Crippen molar-refractivity contribution in [2.75, 3.05) is 25.6 Å². The van der Waals surface area contributed by atoms with Crippen LogP contribution in [0.15, 0.2) is 41.0 Å². The molecule has 0 bridgehead atoms. The summed E-state index contributed by atoms with van der Waals surface area (Å²) in [7, 11) is 1.55. The molecule has 0 saturated heterocycles. The first-order valence-corrected chi connectivity index (χ1v) is 8.11. The predicted octanol–water partition coefficient (Wildman–Crippen LogP) is 2.78. The Kier molecular flexibility index (Phi) is 6.45. The number of nitrogens with one attached hydrogen (secondary N) is 2. The minimum Gasteiger partial charge on any atom is -0.383 e. The lowest BCUT2D eigenvalue weighted by molar-refractivity contribution is 0.0932. The molecule has 0 aliphatic rings. The molecule has 2 aromatic rings. The van der Waals surface area contributed by atoms with Gasteiger partial charge in [0, 0.05) is 29.9 Å². The number of methoxy groups -OCH3 is 1. The topological polar surface area (TPSA) is 80.3 Å². The van der Waals surface area contributed by atoms with Crippen molar-refractivity contribution >= 4 is 33.4 Å². The van der Waals surface area contributed by atoms with E-state index in [2.05, 4.69) is 31.5 Å². The first-order chi connectivity index (χ1) is 11.5. The summed E-state index contributed by atoms with van der Waals surface area (Å²) in [5, 5.41) is 5.47. The lowest BCUT2D eigenvalue weighted by atomic mass is 10.2. The zero-order valence-electron chi connectivity index (χ0n) is 13.4. The highest BCUT2D eigenvalue weighted by atomic mass is 79.9. The molecule has 0 atom stereocenters. The van der Waals surface area contributed by atoms with Crippen LogP contribution < -0.4 is 10.6 Å². The minimum absolute atomic E-state index is 0.182. The standard InChI is InChI=1S/C17H18BrN3O3/c1-11-3-4-14(13(18)9-11)21-16(22)12-5-6-19-15(10-12)17(23)20-7-8-24-2/h3-6,9-10H,7-8H2,1-2H3,(H,20,23)(H,21,22). The zero-order chi connectivity index (χ0) is 17.5. The van der Waals surface area contributed by atoms with Gasteiger partial charge in [0.1, 0.15) is 5.69 Å². The van der Waals surface area contributed by atoms with Crippen LogP contribution in [0.3, 0.4) is 0 Å². The first kappa shape index (κ1) is 18.1. The van der Waals surface area contributed by atoms with Crippen LogP contribution >= 0.6 is 15.9 Å². The fourth-order valence-electron chi connectivity index (χ4n) is 1.97. The van der Waals surface area contributed by atoms with Crippen molar-refractivity contribution in [1.29, 1.82) is 0 Å². The number of anilines is 1. The lowest BCUT2D eigenvalue weighted by Gasteiger charge is -2.09. The highest BCUT2D eigenvalue weighted by molar-refractivity contribution is 9.10. The van der Waals surface area contributed by atoms with Gasteiger partial charge in [0.05, 0.1) is 12.3 Å². The van der Waals surface area contributed by atoms with E-state index in [9.17, 15) is 9.59 Å². The van der Waals surface area contributed by atoms with E-state index in [1.807, 2.05) is 25.1 Å². The summed E-state index contributed by atoms with van der Waals surface area (Å²) >= 11 is 3.42. The molecule has 2 N–H and O–H groups in total. The molecule has 0 fully saturated rings. The van der Waals surface area contributed by atoms with E-state index in [-0.39, 0.29) is 17.5 Å². The number of carbonyl (C=O) groups excluding carboxylic acids is 2. The molecule has 1 heterocycles. The van der Waals surface area contributed by atoms with Crippen LogP contribution in [0.1, 0.15) is 26.4 Å². The maximum atomic E-state index is 12.4. The number of halogens is 1. The summed E-state index contributed by atoms with van der Waals surface area (Å²) in [6, 6.07) is 8.65. The molecule has 126 valence electrons. The second-order valence-corrected chi connectivity index (χ2v) is 5.97. The smallest absolute Gasteiger partial charge is 0.269 e. The molecule has 0 unspecified atom stereocenters. The summed E-state index contributed by atoms with van der Waals surface area (Å²) in [5.74, 6) is -0.661. The van der Waals surface area contributed by atoms with Gasteiger partial charge in [-0.25, -0.2) is 0 Å². The molecular weight excluding hydrogens is 374 g/mol. The van der Waals surface area contributed by atoms with Crippen molar-refractivity contribution in [3.8, 4) is 0 Å². The maximum Gasteiger partial charge on any atom is 0.269 e. The Bertz CT molecular complexity index is 750. The monoisotopic (exact) mass is 391 g/mol. The highest BCUT2D eigenvalue weighted by Crippen LogP contribution is 2.23. The number of amides is 2. The Morgan fingerprint density at radius 2 is 2.00 bits per heavy atom. The number of nitrogens with zero attached hydrogens (tertiary/aromatic N) is 1. The zero-order valence-corrected chi connectivity index (χ0v) is 15.0. The number of benzene rings is 1. The Labute approximate surface area is 148 Å². The Hall–Kier alpha value is -2.25. The summed E-state index contributed by atoms with van der Waals surface area (Å²) in [6.45, 7) is 2.75. The minimum atomic E-state index is -0.349. The molecule has 1 aromatic carbocycles. The normalized spacial score (nSPS) is 10.3. The molecule has 0 spiro atoms. The van der Waals surface area contributed by atoms with E-state index in [1.54, 1.807) is 13.2 Å². The average molecular weight is 392 g/mol. The third kappa shape index (κ3) is 4.87. The van der Waals surface area contributed by atoms with Gasteiger partial charge < -0.3 is 15.4 Å². The molecule has 0 aliphatic heterocycles. The van der Waals surface area contributed by atoms with Crippen LogP contribution in [0.5, 0.6) is 0 Å². The number of rotatable bonds is 6. The van der Waals surface area contributed by atoms with Crippen molar-refractivity contribution in [1.82, 2.24) is 10.3 Å². The molecule has 0 saturated carbocycles. The van der Waals surface area contributed by atoms with Crippen LogP contribution in [0, 0.1) is 6.92 Å². The summed E-state index contributed by atoms with van der Waals surface area (Å²) < 4.78 is 5.67. The van der Waals surface area contributed by atoms with Gasteiger partial charge in [-0.3, -0.25) is 14.6 Å². The largest absolute Gasteiger partial charge is 0.383 e. The van der Waals surface area contributed by atoms with Gasteiger partial charge in [-0.15, -0.1) is 0 Å². The molecule has 7 heteroatoms. The fraction of sp³-hybridized carbons (Fsp3) is 0.235. The molecule has 2 amide bonds. The first-order valence-electron chi connectivity index (χ1n) is 7.32. The lowest BCUT2D eigenvalue weighted by Crippen LogP contribution is -2.28. The number of pyridine rings is 1. The number of aryl methyl sites for hydroxylation is 1. The van der Waals surface area contributed by atoms with Gasteiger partial charge in [0.2, 0.25) is 0 Å². The average Bonchev–Trinajstić information content (AvgIpc) is 2.57. The highest BCUT2D eigenvalue weighted by Gasteiger charge is 2.13. The molecule has 6 nitrogen and oxygen atoms in total. The van der Waals surface area contributed by atoms with Crippen LogP contribution in [-0.2, 0) is 4.74 Å². The SMILES string of the molecule is COCCNC(=O)c1cc(C(=O)Nc2ccc(C)cc2Br)ccn1. The van der Waals surface area contributed by atoms with Gasteiger partial charge in [0.15, 0.2) is 0 Å². The fourth-order valence-corrected chi connectivity index (χ4v) is 2.56. The Balaban J connectivity index is 2.09. The number of ether oxygens (including phenoxy) is 1. The van der Waals surface area contributed by atoms with Crippen LogP contribution in [0.25, 0.3) is 0 Å². The molecule has 2 rings (SSSR count). The van der Waals surface area contributed by atoms with Gasteiger partial charge in [-0.1, -0.05) is 6.07 Å². The van der Waals surface area contributed by atoms with Crippen LogP contribution in [0.4, 0.5) is 5.69 Å². The van der Waals surface area contributed by atoms with E-state index in [1.165, 1.54) is 12.3 Å². The third-order valence-corrected chi connectivity index (χ3v) is 3.88. The number of aromatic nitrogens is 1. The summed E-state index contributed by atoms with van der Waals surface area (Å²) in [4.78, 5) is 28.3. The molecule has 1 aromatic heterocycles. The molecular formula is C17H18BrN3O3. The van der Waals surface area contributed by atoms with E-state index in [0.29, 0.717) is 24.4 Å². The number of carbonyl (C=O) groups is 2. The van der Waals surface area contributed by atoms with E-state index < -0.39 is 0 Å². The Morgan fingerprint density at radius 1 is 1.21 bits per heavy atom. The second-order valence-electron chi connectivity index (χ2n) is 5.12. The summed E-state index contributed by atoms with van der Waals surface area (Å²) in [5.41, 5.74) is 2.28. The predicted molar refractivity (Wildman–Crippen MR) is 95.3 cm³/mol. The molecule has 24 heavy (non-hydrogen) atoms. The van der Waals surface area contributed by atoms with Crippen molar-refractivity contribution in [3.63, 3.8) is 0 Å². The van der Waals surface area contributed by atoms with Crippen molar-refractivity contribution in [2.24, 2.45) is 0 Å². The van der Waals surface area contributed by atoms with Crippen LogP contribution in [-0.4, -0.2) is 37.1 Å². The van der Waals surface area contributed by atoms with Crippen molar-refractivity contribution in [3.05, 3.63) is 57.8 Å².